The van der Waals surface area contributed by atoms with Gasteiger partial charge in [0.1, 0.15) is 0 Å². The predicted molar refractivity (Wildman–Crippen MR) is 78.2 cm³/mol. The molecule has 1 aliphatic carbocycles. The minimum atomic E-state index is -3.69. The molecule has 6 nitrogen and oxygen atoms in total. The van der Waals surface area contributed by atoms with Crippen molar-refractivity contribution in [1.29, 1.82) is 0 Å². The average molecular weight is 315 g/mol. The van der Waals surface area contributed by atoms with Crippen LogP contribution in [0.3, 0.4) is 0 Å². The molecule has 0 atom stereocenters. The van der Waals surface area contributed by atoms with E-state index in [1.54, 1.807) is 6.07 Å². The molecule has 2 N–H and O–H groups in total. The van der Waals surface area contributed by atoms with Crippen molar-refractivity contribution in [3.05, 3.63) is 18.2 Å². The summed E-state index contributed by atoms with van der Waals surface area (Å²) in [7, 11) is -3.69. The highest BCUT2D eigenvalue weighted by Gasteiger charge is 2.45. The number of rotatable bonds is 8. The van der Waals surface area contributed by atoms with E-state index in [1.807, 2.05) is 13.8 Å². The summed E-state index contributed by atoms with van der Waals surface area (Å²) < 4.78 is 38.1. The lowest BCUT2D eigenvalue weighted by molar-refractivity contribution is 0.246. The van der Waals surface area contributed by atoms with Gasteiger partial charge in [0.2, 0.25) is 10.0 Å². The molecule has 21 heavy (non-hydrogen) atoms. The second-order valence-electron chi connectivity index (χ2n) is 5.02. The molecule has 1 aromatic rings. The van der Waals surface area contributed by atoms with Gasteiger partial charge in [-0.15, -0.1) is 0 Å². The highest BCUT2D eigenvalue weighted by molar-refractivity contribution is 7.89. The Morgan fingerprint density at radius 1 is 1.19 bits per heavy atom. The summed E-state index contributed by atoms with van der Waals surface area (Å²) in [5, 5.41) is 9.25. The molecule has 0 unspecified atom stereocenters. The average Bonchev–Trinajstić information content (AvgIpc) is 3.20. The highest BCUT2D eigenvalue weighted by Crippen LogP contribution is 2.37. The summed E-state index contributed by atoms with van der Waals surface area (Å²) >= 11 is 0. The Balaban J connectivity index is 2.28. The highest BCUT2D eigenvalue weighted by atomic mass is 32.2. The molecule has 0 spiro atoms. The molecule has 2 rings (SSSR count). The number of ether oxygens (including phenoxy) is 2. The topological polar surface area (TPSA) is 84.9 Å². The van der Waals surface area contributed by atoms with E-state index in [4.69, 9.17) is 9.47 Å². The number of sulfonamides is 1. The fourth-order valence-electron chi connectivity index (χ4n) is 1.99. The first-order valence-electron chi connectivity index (χ1n) is 7.01. The van der Waals surface area contributed by atoms with Crippen LogP contribution in [-0.4, -0.2) is 38.9 Å². The van der Waals surface area contributed by atoms with Crippen LogP contribution in [0.5, 0.6) is 11.5 Å². The van der Waals surface area contributed by atoms with Gasteiger partial charge in [0.15, 0.2) is 11.5 Å². The van der Waals surface area contributed by atoms with Crippen molar-refractivity contribution in [2.75, 3.05) is 19.8 Å². The summed E-state index contributed by atoms with van der Waals surface area (Å²) in [6.07, 6.45) is 1.30. The van der Waals surface area contributed by atoms with E-state index in [2.05, 4.69) is 4.72 Å². The summed E-state index contributed by atoms with van der Waals surface area (Å²) in [5.41, 5.74) is -0.691. The number of hydrogen-bond donors (Lipinski definition) is 2. The molecule has 7 heteroatoms. The fraction of sp³-hybridized carbons (Fsp3) is 0.571. The molecule has 0 aromatic heterocycles. The molecule has 0 heterocycles. The van der Waals surface area contributed by atoms with E-state index in [0.717, 1.165) is 0 Å². The van der Waals surface area contributed by atoms with E-state index >= 15 is 0 Å². The van der Waals surface area contributed by atoms with Gasteiger partial charge in [-0.05, 0) is 38.8 Å². The Morgan fingerprint density at radius 3 is 2.33 bits per heavy atom. The second-order valence-corrected chi connectivity index (χ2v) is 6.70. The first-order chi connectivity index (χ1) is 9.96. The van der Waals surface area contributed by atoms with E-state index in [9.17, 15) is 13.5 Å². The van der Waals surface area contributed by atoms with Gasteiger partial charge < -0.3 is 14.6 Å². The Kier molecular flexibility index (Phi) is 4.75. The van der Waals surface area contributed by atoms with Crippen molar-refractivity contribution >= 4 is 10.0 Å². The maximum Gasteiger partial charge on any atom is 0.241 e. The summed E-state index contributed by atoms with van der Waals surface area (Å²) in [5.74, 6) is 0.915. The molecule has 0 amide bonds. The molecule has 0 bridgehead atoms. The van der Waals surface area contributed by atoms with Crippen molar-refractivity contribution < 1.29 is 23.0 Å². The molecule has 1 aliphatic rings. The monoisotopic (exact) mass is 315 g/mol. The summed E-state index contributed by atoms with van der Waals surface area (Å²) in [6.45, 7) is 4.36. The van der Waals surface area contributed by atoms with Crippen LogP contribution in [0.15, 0.2) is 23.1 Å². The van der Waals surface area contributed by atoms with Gasteiger partial charge >= 0.3 is 0 Å². The van der Waals surface area contributed by atoms with Crippen LogP contribution in [0.2, 0.25) is 0 Å². The summed E-state index contributed by atoms with van der Waals surface area (Å²) in [4.78, 5) is 0.106. The third kappa shape index (κ3) is 3.66. The number of aliphatic hydroxyl groups excluding tert-OH is 1. The van der Waals surface area contributed by atoms with Crippen LogP contribution in [0.25, 0.3) is 0 Å². The van der Waals surface area contributed by atoms with Gasteiger partial charge in [-0.25, -0.2) is 13.1 Å². The van der Waals surface area contributed by atoms with E-state index in [1.165, 1.54) is 12.1 Å². The first kappa shape index (κ1) is 16.1. The van der Waals surface area contributed by atoms with Gasteiger partial charge in [0, 0.05) is 6.07 Å². The molecular formula is C14H21NO5S. The molecule has 1 saturated carbocycles. The number of aliphatic hydroxyl groups is 1. The van der Waals surface area contributed by atoms with Crippen LogP contribution >= 0.6 is 0 Å². The molecule has 1 aromatic carbocycles. The second kappa shape index (κ2) is 6.21. The van der Waals surface area contributed by atoms with Gasteiger partial charge in [-0.3, -0.25) is 0 Å². The molecular weight excluding hydrogens is 294 g/mol. The third-order valence-corrected chi connectivity index (χ3v) is 4.91. The Hall–Kier alpha value is -1.31. The Morgan fingerprint density at radius 2 is 1.81 bits per heavy atom. The molecule has 1 fully saturated rings. The largest absolute Gasteiger partial charge is 0.490 e. The van der Waals surface area contributed by atoms with Gasteiger partial charge in [-0.2, -0.15) is 0 Å². The number of nitrogens with one attached hydrogen (secondary N) is 1. The molecule has 118 valence electrons. The molecule has 0 radical (unpaired) electrons. The standard InChI is InChI=1S/C14H21NO5S/c1-3-19-12-6-5-11(9-13(12)20-4-2)21(17,18)15-14(10-16)7-8-14/h5-6,9,15-16H,3-4,7-8,10H2,1-2H3. The zero-order valence-corrected chi connectivity index (χ0v) is 13.1. The fourth-order valence-corrected chi connectivity index (χ4v) is 3.45. The summed E-state index contributed by atoms with van der Waals surface area (Å²) in [6, 6.07) is 4.51. The third-order valence-electron chi connectivity index (χ3n) is 3.33. The maximum atomic E-state index is 12.4. The molecule has 0 saturated heterocycles. The normalized spacial score (nSPS) is 16.5. The lowest BCUT2D eigenvalue weighted by atomic mass is 10.3. The van der Waals surface area contributed by atoms with Gasteiger partial charge in [0.05, 0.1) is 30.3 Å². The minimum Gasteiger partial charge on any atom is -0.490 e. The number of hydrogen-bond acceptors (Lipinski definition) is 5. The predicted octanol–water partition coefficient (Wildman–Crippen LogP) is 1.29. The van der Waals surface area contributed by atoms with Crippen LogP contribution < -0.4 is 14.2 Å². The quantitative estimate of drug-likeness (QED) is 0.755. The zero-order valence-electron chi connectivity index (χ0n) is 12.3. The SMILES string of the molecule is CCOc1ccc(S(=O)(=O)NC2(CO)CC2)cc1OCC. The zero-order chi connectivity index (χ0) is 15.5. The van der Waals surface area contributed by atoms with Crippen LogP contribution in [0.4, 0.5) is 0 Å². The van der Waals surface area contributed by atoms with Crippen LogP contribution in [0, 0.1) is 0 Å². The lowest BCUT2D eigenvalue weighted by Crippen LogP contribution is -2.39. The van der Waals surface area contributed by atoms with Crippen LogP contribution in [0.1, 0.15) is 26.7 Å². The maximum absolute atomic E-state index is 12.4. The van der Waals surface area contributed by atoms with Crippen molar-refractivity contribution in [3.8, 4) is 11.5 Å². The van der Waals surface area contributed by atoms with Crippen molar-refractivity contribution in [3.63, 3.8) is 0 Å². The Bertz CT molecular complexity index is 595. The Labute approximate surface area is 125 Å². The van der Waals surface area contributed by atoms with E-state index < -0.39 is 15.6 Å². The van der Waals surface area contributed by atoms with Crippen LogP contribution in [-0.2, 0) is 10.0 Å². The van der Waals surface area contributed by atoms with Crippen molar-refractivity contribution in [1.82, 2.24) is 4.72 Å². The van der Waals surface area contributed by atoms with Gasteiger partial charge in [0.25, 0.3) is 0 Å². The minimum absolute atomic E-state index is 0.106. The smallest absolute Gasteiger partial charge is 0.241 e. The first-order valence-corrected chi connectivity index (χ1v) is 8.49. The van der Waals surface area contributed by atoms with E-state index in [-0.39, 0.29) is 11.5 Å². The number of benzene rings is 1. The van der Waals surface area contributed by atoms with Crippen molar-refractivity contribution in [2.24, 2.45) is 0 Å². The van der Waals surface area contributed by atoms with E-state index in [0.29, 0.717) is 37.6 Å². The lowest BCUT2D eigenvalue weighted by Gasteiger charge is -2.16. The molecule has 0 aliphatic heterocycles. The van der Waals surface area contributed by atoms with Crippen molar-refractivity contribution in [2.45, 2.75) is 37.1 Å². The van der Waals surface area contributed by atoms with Gasteiger partial charge in [-0.1, -0.05) is 0 Å².